The molecule has 4 aromatic rings. The van der Waals surface area contributed by atoms with Gasteiger partial charge in [-0.3, -0.25) is 14.3 Å². The Balaban J connectivity index is 1.51. The van der Waals surface area contributed by atoms with E-state index in [0.29, 0.717) is 22.5 Å². The Kier molecular flexibility index (Phi) is 7.13. The summed E-state index contributed by atoms with van der Waals surface area (Å²) in [6.45, 7) is 3.88. The molecule has 1 fully saturated rings. The van der Waals surface area contributed by atoms with Gasteiger partial charge in [0.1, 0.15) is 11.5 Å². The summed E-state index contributed by atoms with van der Waals surface area (Å²) in [5.41, 5.74) is 4.46. The first kappa shape index (κ1) is 25.2. The number of rotatable bonds is 6. The average Bonchev–Trinajstić information content (AvgIpc) is 2.87. The Bertz CT molecular complexity index is 1470. The first-order valence-corrected chi connectivity index (χ1v) is 12.8. The Morgan fingerprint density at radius 2 is 1.76 bits per heavy atom. The predicted octanol–water partition coefficient (Wildman–Crippen LogP) is 6.84. The van der Waals surface area contributed by atoms with E-state index in [9.17, 15) is 18.0 Å². The molecule has 192 valence electrons. The fourth-order valence-corrected chi connectivity index (χ4v) is 5.77. The van der Waals surface area contributed by atoms with Crippen molar-refractivity contribution < 1.29 is 13.2 Å². The molecule has 0 saturated heterocycles. The van der Waals surface area contributed by atoms with Gasteiger partial charge in [-0.15, -0.1) is 0 Å². The summed E-state index contributed by atoms with van der Waals surface area (Å²) in [6, 6.07) is 14.3. The normalized spacial score (nSPS) is 18.0. The maximum Gasteiger partial charge on any atom is 0.256 e. The van der Waals surface area contributed by atoms with Crippen LogP contribution in [0.25, 0.3) is 11.0 Å². The SMILES string of the molecule is Cc1ccc2cc([C@H]3CC[C@H](c4c(C)cccc4F)CC3)c(=O)n(Cc3ncccc3CC(F)F)c2n1. The zero-order valence-corrected chi connectivity index (χ0v) is 21.1. The molecule has 0 spiro atoms. The number of pyridine rings is 3. The topological polar surface area (TPSA) is 47.8 Å². The van der Waals surface area contributed by atoms with Crippen molar-refractivity contribution in [2.24, 2.45) is 0 Å². The second-order valence-electron chi connectivity index (χ2n) is 10.1. The smallest absolute Gasteiger partial charge is 0.256 e. The minimum atomic E-state index is -2.50. The average molecular weight is 506 g/mol. The molecule has 0 atom stereocenters. The number of hydrogen-bond donors (Lipinski definition) is 0. The zero-order valence-electron chi connectivity index (χ0n) is 21.1. The van der Waals surface area contributed by atoms with Crippen LogP contribution in [-0.4, -0.2) is 21.0 Å². The molecule has 0 radical (unpaired) electrons. The van der Waals surface area contributed by atoms with E-state index in [4.69, 9.17) is 0 Å². The van der Waals surface area contributed by atoms with Gasteiger partial charge in [-0.1, -0.05) is 18.2 Å². The van der Waals surface area contributed by atoms with Gasteiger partial charge < -0.3 is 0 Å². The highest BCUT2D eigenvalue weighted by Crippen LogP contribution is 2.41. The van der Waals surface area contributed by atoms with Gasteiger partial charge in [0.25, 0.3) is 5.56 Å². The molecule has 7 heteroatoms. The minimum Gasteiger partial charge on any atom is -0.286 e. The molecule has 0 bridgehead atoms. The maximum absolute atomic E-state index is 14.6. The van der Waals surface area contributed by atoms with Gasteiger partial charge in [0.05, 0.1) is 12.2 Å². The number of nitrogens with zero attached hydrogens (tertiary/aromatic N) is 3. The summed E-state index contributed by atoms with van der Waals surface area (Å²) in [5.74, 6) is 0.0137. The Morgan fingerprint density at radius 3 is 2.49 bits per heavy atom. The second-order valence-corrected chi connectivity index (χ2v) is 10.1. The van der Waals surface area contributed by atoms with E-state index >= 15 is 0 Å². The molecule has 1 aliphatic carbocycles. The maximum atomic E-state index is 14.6. The van der Waals surface area contributed by atoms with Crippen molar-refractivity contribution in [2.45, 2.75) is 70.8 Å². The van der Waals surface area contributed by atoms with Gasteiger partial charge in [-0.05, 0) is 98.4 Å². The Labute approximate surface area is 214 Å². The van der Waals surface area contributed by atoms with Gasteiger partial charge in [-0.2, -0.15) is 0 Å². The molecule has 37 heavy (non-hydrogen) atoms. The molecule has 0 amide bonds. The molecule has 1 aromatic carbocycles. The van der Waals surface area contributed by atoms with E-state index in [0.717, 1.165) is 47.9 Å². The lowest BCUT2D eigenvalue weighted by atomic mass is 9.75. The van der Waals surface area contributed by atoms with Crippen LogP contribution in [0, 0.1) is 19.7 Å². The lowest BCUT2D eigenvalue weighted by Gasteiger charge is -2.30. The number of benzene rings is 1. The molecule has 3 heterocycles. The highest BCUT2D eigenvalue weighted by molar-refractivity contribution is 5.76. The standard InChI is InChI=1S/C30H30F3N3O/c1-18-5-3-7-25(31)28(18)21-12-10-20(11-13-21)24-15-23-9-8-19(2)35-29(23)36(30(24)37)17-26-22(16-27(32)33)6-4-14-34-26/h3-9,14-15,20-21,27H,10-13,16-17H2,1-2H3/t20-,21-. The van der Waals surface area contributed by atoms with Crippen LogP contribution in [0.3, 0.4) is 0 Å². The van der Waals surface area contributed by atoms with E-state index in [-0.39, 0.29) is 29.8 Å². The molecule has 0 unspecified atom stereocenters. The summed E-state index contributed by atoms with van der Waals surface area (Å²) >= 11 is 0. The number of alkyl halides is 2. The number of fused-ring (bicyclic) bond motifs is 1. The van der Waals surface area contributed by atoms with Gasteiger partial charge in [0, 0.05) is 29.3 Å². The summed E-state index contributed by atoms with van der Waals surface area (Å²) < 4.78 is 42.6. The third-order valence-corrected chi connectivity index (χ3v) is 7.62. The highest BCUT2D eigenvalue weighted by Gasteiger charge is 2.28. The molecule has 5 rings (SSSR count). The van der Waals surface area contributed by atoms with Gasteiger partial charge in [0.2, 0.25) is 6.43 Å². The van der Waals surface area contributed by atoms with Crippen molar-refractivity contribution in [1.82, 2.24) is 14.5 Å². The number of halogens is 3. The zero-order chi connectivity index (χ0) is 26.1. The van der Waals surface area contributed by atoms with Crippen LogP contribution in [0.1, 0.15) is 71.2 Å². The van der Waals surface area contributed by atoms with Gasteiger partial charge in [-0.25, -0.2) is 18.2 Å². The van der Waals surface area contributed by atoms with Crippen molar-refractivity contribution in [3.63, 3.8) is 0 Å². The Morgan fingerprint density at radius 1 is 1.00 bits per heavy atom. The van der Waals surface area contributed by atoms with Gasteiger partial charge in [0.15, 0.2) is 0 Å². The lowest BCUT2D eigenvalue weighted by Crippen LogP contribution is -2.29. The molecule has 0 aliphatic heterocycles. The summed E-state index contributed by atoms with van der Waals surface area (Å²) in [4.78, 5) is 22.8. The minimum absolute atomic E-state index is 0.0389. The van der Waals surface area contributed by atoms with E-state index in [2.05, 4.69) is 9.97 Å². The first-order chi connectivity index (χ1) is 17.8. The summed E-state index contributed by atoms with van der Waals surface area (Å²) in [5, 5.41) is 0.832. The molecule has 1 aliphatic rings. The van der Waals surface area contributed by atoms with Crippen molar-refractivity contribution >= 4 is 11.0 Å². The number of aromatic nitrogens is 3. The molecule has 1 saturated carbocycles. The third-order valence-electron chi connectivity index (χ3n) is 7.62. The van der Waals surface area contributed by atoms with Crippen LogP contribution in [0.4, 0.5) is 13.2 Å². The number of hydrogen-bond acceptors (Lipinski definition) is 3. The van der Waals surface area contributed by atoms with Crippen LogP contribution in [0.2, 0.25) is 0 Å². The van der Waals surface area contributed by atoms with E-state index < -0.39 is 12.8 Å². The highest BCUT2D eigenvalue weighted by atomic mass is 19.3. The van der Waals surface area contributed by atoms with Crippen molar-refractivity contribution in [1.29, 1.82) is 0 Å². The van der Waals surface area contributed by atoms with Crippen molar-refractivity contribution in [2.75, 3.05) is 0 Å². The van der Waals surface area contributed by atoms with Crippen molar-refractivity contribution in [3.8, 4) is 0 Å². The lowest BCUT2D eigenvalue weighted by molar-refractivity contribution is 0.148. The third kappa shape index (κ3) is 5.17. The van der Waals surface area contributed by atoms with E-state index in [1.807, 2.05) is 38.1 Å². The summed E-state index contributed by atoms with van der Waals surface area (Å²) in [6.07, 6.45) is 1.80. The summed E-state index contributed by atoms with van der Waals surface area (Å²) in [7, 11) is 0. The van der Waals surface area contributed by atoms with Crippen molar-refractivity contribution in [3.05, 3.63) is 105 Å². The molecular weight excluding hydrogens is 475 g/mol. The molecule has 3 aromatic heterocycles. The monoisotopic (exact) mass is 505 g/mol. The van der Waals surface area contributed by atoms with Crippen LogP contribution < -0.4 is 5.56 Å². The van der Waals surface area contributed by atoms with Crippen LogP contribution in [-0.2, 0) is 13.0 Å². The molecule has 4 nitrogen and oxygen atoms in total. The molecular formula is C30H30F3N3O. The quantitative estimate of drug-likeness (QED) is 0.288. The second kappa shape index (κ2) is 10.5. The van der Waals surface area contributed by atoms with Crippen LogP contribution in [0.15, 0.2) is 59.5 Å². The first-order valence-electron chi connectivity index (χ1n) is 12.8. The largest absolute Gasteiger partial charge is 0.286 e. The molecule has 0 N–H and O–H groups in total. The number of aryl methyl sites for hydroxylation is 2. The van der Waals surface area contributed by atoms with Crippen LogP contribution in [0.5, 0.6) is 0 Å². The fourth-order valence-electron chi connectivity index (χ4n) is 5.77. The Hall–Kier alpha value is -3.48. The van der Waals surface area contributed by atoms with E-state index in [1.54, 1.807) is 29.0 Å². The van der Waals surface area contributed by atoms with Crippen LogP contribution >= 0.6 is 0 Å². The van der Waals surface area contributed by atoms with E-state index in [1.165, 1.54) is 6.07 Å². The fraction of sp³-hybridized carbons (Fsp3) is 0.367. The predicted molar refractivity (Wildman–Crippen MR) is 139 cm³/mol. The van der Waals surface area contributed by atoms with Gasteiger partial charge >= 0.3 is 0 Å².